The lowest BCUT2D eigenvalue weighted by atomic mass is 10.00. The summed E-state index contributed by atoms with van der Waals surface area (Å²) in [5.74, 6) is 0.705. The normalized spacial score (nSPS) is 23.4. The Balaban J connectivity index is 1.53. The number of hydrogen-bond acceptors (Lipinski definition) is 4. The third kappa shape index (κ3) is 3.68. The van der Waals surface area contributed by atoms with E-state index in [4.69, 9.17) is 27.9 Å². The quantitative estimate of drug-likeness (QED) is 0.874. The van der Waals surface area contributed by atoms with Crippen molar-refractivity contribution >= 4 is 28.9 Å². The van der Waals surface area contributed by atoms with Crippen molar-refractivity contribution in [1.29, 1.82) is 0 Å². The van der Waals surface area contributed by atoms with Crippen LogP contribution < -0.4 is 10.9 Å². The molecule has 2 aliphatic rings. The van der Waals surface area contributed by atoms with E-state index in [0.29, 0.717) is 28.4 Å². The first-order chi connectivity index (χ1) is 12.1. The molecule has 0 bridgehead atoms. The van der Waals surface area contributed by atoms with Gasteiger partial charge in [0.15, 0.2) is 0 Å². The predicted molar refractivity (Wildman–Crippen MR) is 99.0 cm³/mol. The fraction of sp³-hybridized carbons (Fsp3) is 0.444. The molecule has 1 aliphatic carbocycles. The Morgan fingerprint density at radius 2 is 1.92 bits per heavy atom. The molecule has 2 atom stereocenters. The summed E-state index contributed by atoms with van der Waals surface area (Å²) in [5, 5.41) is 8.39. The third-order valence-electron chi connectivity index (χ3n) is 4.81. The molecule has 1 saturated carbocycles. The summed E-state index contributed by atoms with van der Waals surface area (Å²) in [6.45, 7) is 0.742. The van der Waals surface area contributed by atoms with E-state index in [1.165, 1.54) is 17.5 Å². The molecule has 2 aromatic rings. The number of rotatable bonds is 4. The van der Waals surface area contributed by atoms with Crippen molar-refractivity contribution in [1.82, 2.24) is 9.78 Å². The summed E-state index contributed by atoms with van der Waals surface area (Å²) in [4.78, 5) is 12.6. The van der Waals surface area contributed by atoms with Gasteiger partial charge in [-0.15, -0.1) is 0 Å². The van der Waals surface area contributed by atoms with Crippen molar-refractivity contribution < 1.29 is 4.74 Å². The lowest BCUT2D eigenvalue weighted by Crippen LogP contribution is -2.35. The first kappa shape index (κ1) is 16.9. The van der Waals surface area contributed by atoms with Crippen molar-refractivity contribution in [3.8, 4) is 5.69 Å². The van der Waals surface area contributed by atoms with Crippen LogP contribution >= 0.6 is 23.2 Å². The SMILES string of the molecule is O=c1c(Cl)c(NC2CCOC(C3CC3)C2)cnn1-c1ccc(Cl)cc1. The molecule has 0 spiro atoms. The molecule has 1 aliphatic heterocycles. The molecule has 132 valence electrons. The summed E-state index contributed by atoms with van der Waals surface area (Å²) in [7, 11) is 0. The molecule has 2 unspecified atom stereocenters. The van der Waals surface area contributed by atoms with Crippen molar-refractivity contribution in [3.63, 3.8) is 0 Å². The van der Waals surface area contributed by atoms with E-state index in [1.807, 2.05) is 0 Å². The second kappa shape index (κ2) is 6.98. The van der Waals surface area contributed by atoms with Crippen LogP contribution in [-0.2, 0) is 4.74 Å². The number of benzene rings is 1. The van der Waals surface area contributed by atoms with Gasteiger partial charge in [-0.1, -0.05) is 23.2 Å². The summed E-state index contributed by atoms with van der Waals surface area (Å²) >= 11 is 12.2. The predicted octanol–water partition coefficient (Wildman–Crippen LogP) is 3.91. The number of nitrogens with zero attached hydrogens (tertiary/aromatic N) is 2. The zero-order chi connectivity index (χ0) is 17.4. The van der Waals surface area contributed by atoms with Crippen LogP contribution in [0.4, 0.5) is 5.69 Å². The molecular formula is C18H19Cl2N3O2. The molecule has 2 heterocycles. The topological polar surface area (TPSA) is 56.1 Å². The summed E-state index contributed by atoms with van der Waals surface area (Å²) in [6, 6.07) is 7.15. The minimum Gasteiger partial charge on any atom is -0.379 e. The van der Waals surface area contributed by atoms with Gasteiger partial charge in [0.1, 0.15) is 5.02 Å². The zero-order valence-corrected chi connectivity index (χ0v) is 15.1. The average Bonchev–Trinajstić information content (AvgIpc) is 3.46. The van der Waals surface area contributed by atoms with Crippen molar-refractivity contribution in [2.75, 3.05) is 11.9 Å². The van der Waals surface area contributed by atoms with Crippen LogP contribution in [0.1, 0.15) is 25.7 Å². The number of halogens is 2. The summed E-state index contributed by atoms with van der Waals surface area (Å²) < 4.78 is 7.12. The highest BCUT2D eigenvalue weighted by Gasteiger charge is 2.36. The van der Waals surface area contributed by atoms with Gasteiger partial charge in [0, 0.05) is 17.7 Å². The van der Waals surface area contributed by atoms with Crippen molar-refractivity contribution in [3.05, 3.63) is 50.9 Å². The van der Waals surface area contributed by atoms with Gasteiger partial charge in [0.25, 0.3) is 5.56 Å². The summed E-state index contributed by atoms with van der Waals surface area (Å²) in [5.41, 5.74) is 0.862. The van der Waals surface area contributed by atoms with Crippen LogP contribution in [-0.4, -0.2) is 28.5 Å². The van der Waals surface area contributed by atoms with Crippen molar-refractivity contribution in [2.24, 2.45) is 5.92 Å². The van der Waals surface area contributed by atoms with E-state index in [2.05, 4.69) is 10.4 Å². The maximum Gasteiger partial charge on any atom is 0.292 e. The van der Waals surface area contributed by atoms with E-state index in [9.17, 15) is 4.79 Å². The minimum atomic E-state index is -0.347. The Kier molecular flexibility index (Phi) is 4.71. The molecule has 0 amide bonds. The van der Waals surface area contributed by atoms with E-state index >= 15 is 0 Å². The Labute approximate surface area is 155 Å². The lowest BCUT2D eigenvalue weighted by Gasteiger charge is -2.31. The van der Waals surface area contributed by atoms with E-state index < -0.39 is 0 Å². The highest BCUT2D eigenvalue weighted by Crippen LogP contribution is 2.38. The van der Waals surface area contributed by atoms with Crippen LogP contribution in [0.5, 0.6) is 0 Å². The Morgan fingerprint density at radius 1 is 1.16 bits per heavy atom. The highest BCUT2D eigenvalue weighted by atomic mass is 35.5. The number of nitrogens with one attached hydrogen (secondary N) is 1. The lowest BCUT2D eigenvalue weighted by molar-refractivity contribution is -0.00219. The van der Waals surface area contributed by atoms with Gasteiger partial charge in [-0.3, -0.25) is 4.79 Å². The van der Waals surface area contributed by atoms with Gasteiger partial charge in [-0.2, -0.15) is 9.78 Å². The van der Waals surface area contributed by atoms with E-state index in [0.717, 1.165) is 19.4 Å². The van der Waals surface area contributed by atoms with Crippen LogP contribution in [0.2, 0.25) is 10.0 Å². The monoisotopic (exact) mass is 379 g/mol. The molecule has 7 heteroatoms. The van der Waals surface area contributed by atoms with Crippen LogP contribution in [0, 0.1) is 5.92 Å². The molecule has 4 rings (SSSR count). The number of hydrogen-bond donors (Lipinski definition) is 1. The first-order valence-electron chi connectivity index (χ1n) is 8.54. The molecule has 2 fully saturated rings. The van der Waals surface area contributed by atoms with Gasteiger partial charge in [-0.05, 0) is 55.9 Å². The largest absolute Gasteiger partial charge is 0.379 e. The van der Waals surface area contributed by atoms with Gasteiger partial charge < -0.3 is 10.1 Å². The van der Waals surface area contributed by atoms with E-state index in [1.54, 1.807) is 30.5 Å². The highest BCUT2D eigenvalue weighted by molar-refractivity contribution is 6.33. The third-order valence-corrected chi connectivity index (χ3v) is 5.43. The number of ether oxygens (including phenoxy) is 1. The fourth-order valence-electron chi connectivity index (χ4n) is 3.28. The van der Waals surface area contributed by atoms with Gasteiger partial charge in [-0.25, -0.2) is 0 Å². The second-order valence-corrected chi connectivity index (χ2v) is 7.49. The Hall–Kier alpha value is -1.56. The molecule has 1 aromatic carbocycles. The molecule has 1 aromatic heterocycles. The van der Waals surface area contributed by atoms with Gasteiger partial charge >= 0.3 is 0 Å². The molecule has 5 nitrogen and oxygen atoms in total. The number of aromatic nitrogens is 2. The van der Waals surface area contributed by atoms with Crippen LogP contribution in [0.25, 0.3) is 5.69 Å². The average molecular weight is 380 g/mol. The molecule has 1 saturated heterocycles. The fourth-order valence-corrected chi connectivity index (χ4v) is 3.58. The molecular weight excluding hydrogens is 361 g/mol. The minimum absolute atomic E-state index is 0.152. The molecule has 0 radical (unpaired) electrons. The number of anilines is 1. The van der Waals surface area contributed by atoms with Crippen molar-refractivity contribution in [2.45, 2.75) is 37.8 Å². The van der Waals surface area contributed by atoms with Gasteiger partial charge in [0.2, 0.25) is 0 Å². The first-order valence-corrected chi connectivity index (χ1v) is 9.29. The maximum atomic E-state index is 12.6. The van der Waals surface area contributed by atoms with Crippen LogP contribution in [0.15, 0.2) is 35.3 Å². The zero-order valence-electron chi connectivity index (χ0n) is 13.6. The molecule has 25 heavy (non-hydrogen) atoms. The Bertz CT molecular complexity index is 818. The summed E-state index contributed by atoms with van der Waals surface area (Å²) in [6.07, 6.45) is 6.31. The smallest absolute Gasteiger partial charge is 0.292 e. The van der Waals surface area contributed by atoms with Crippen LogP contribution in [0.3, 0.4) is 0 Å². The molecule has 1 N–H and O–H groups in total. The second-order valence-electron chi connectivity index (χ2n) is 6.68. The standard InChI is InChI=1S/C18H19Cl2N3O2/c19-12-3-5-14(6-4-12)23-18(24)17(20)15(10-21-23)22-13-7-8-25-16(9-13)11-1-2-11/h3-6,10-11,13,16,22H,1-2,7-9H2. The van der Waals surface area contributed by atoms with E-state index in [-0.39, 0.29) is 16.6 Å². The van der Waals surface area contributed by atoms with Gasteiger partial charge in [0.05, 0.1) is 23.7 Å². The maximum absolute atomic E-state index is 12.6. The Morgan fingerprint density at radius 3 is 2.64 bits per heavy atom.